The molecule has 2 amide bonds. The Morgan fingerprint density at radius 3 is 2.80 bits per heavy atom. The third kappa shape index (κ3) is 4.26. The lowest BCUT2D eigenvalue weighted by Gasteiger charge is -2.51. The second-order valence-corrected chi connectivity index (χ2v) is 12.9. The minimum absolute atomic E-state index is 0.0139. The highest BCUT2D eigenvalue weighted by molar-refractivity contribution is 5.82. The van der Waals surface area contributed by atoms with Crippen LogP contribution < -0.4 is 21.3 Å². The number of ether oxygens (including phenoxy) is 1. The normalized spacial score (nSPS) is 37.8. The van der Waals surface area contributed by atoms with Crippen LogP contribution >= 0.6 is 0 Å². The van der Waals surface area contributed by atoms with E-state index in [2.05, 4.69) is 68.6 Å². The second kappa shape index (κ2) is 9.50. The highest BCUT2D eigenvalue weighted by Gasteiger charge is 2.55. The summed E-state index contributed by atoms with van der Waals surface area (Å²) in [6.45, 7) is 4.05. The van der Waals surface area contributed by atoms with Crippen LogP contribution in [0, 0.1) is 11.3 Å². The Bertz CT molecular complexity index is 1240. The molecule has 7 aliphatic rings. The molecule has 1 aromatic carbocycles. The van der Waals surface area contributed by atoms with Crippen molar-refractivity contribution in [3.8, 4) is 0 Å². The fourth-order valence-corrected chi connectivity index (χ4v) is 7.72. The fraction of sp³-hybridized carbons (Fsp3) is 0.655. The summed E-state index contributed by atoms with van der Waals surface area (Å²) in [5, 5.41) is 18.8. The zero-order valence-corrected chi connectivity index (χ0v) is 23.1. The van der Waals surface area contributed by atoms with Crippen molar-refractivity contribution in [2.24, 2.45) is 11.3 Å². The average Bonchev–Trinajstić information content (AvgIpc) is 3.52. The molecule has 4 N–H and O–H groups in total. The number of fused-ring (bicyclic) bond motifs is 6. The van der Waals surface area contributed by atoms with E-state index in [9.17, 15) is 9.59 Å². The number of morpholine rings is 1. The summed E-state index contributed by atoms with van der Waals surface area (Å²) in [6.07, 6.45) is 8.71. The van der Waals surface area contributed by atoms with Crippen molar-refractivity contribution in [3.05, 3.63) is 41.5 Å². The molecule has 214 valence electrons. The summed E-state index contributed by atoms with van der Waals surface area (Å²) in [4.78, 5) is 31.2. The van der Waals surface area contributed by atoms with E-state index in [0.29, 0.717) is 13.1 Å². The molecule has 1 saturated carbocycles. The van der Waals surface area contributed by atoms with Gasteiger partial charge in [-0.15, -0.1) is 0 Å². The number of hydrogen-bond donors (Lipinski definition) is 4. The standard InChI is InChI=1S/C29H40N8O3/c1-34-14-18-4-5-20(12-19(18)15-34)31-28-30-13-21-25(33-28)37-23-7-6-22-26(32-23)35(24(38)16-40-22)17-29(9-10-29)8-2-3-11-36(37)27(21)39/h2-5,12,21-23,25-26,28,30-33H,6-11,13-17H2,1H3/b3-2-. The van der Waals surface area contributed by atoms with Crippen LogP contribution in [0.5, 0.6) is 0 Å². The van der Waals surface area contributed by atoms with Gasteiger partial charge in [0.1, 0.15) is 19.1 Å². The molecular weight excluding hydrogens is 508 g/mol. The first-order valence-electron chi connectivity index (χ1n) is 14.9. The number of hydrogen-bond acceptors (Lipinski definition) is 9. The van der Waals surface area contributed by atoms with E-state index in [1.54, 1.807) is 0 Å². The maximum absolute atomic E-state index is 13.8. The van der Waals surface area contributed by atoms with Gasteiger partial charge < -0.3 is 15.0 Å². The molecule has 1 aliphatic carbocycles. The van der Waals surface area contributed by atoms with E-state index in [4.69, 9.17) is 4.74 Å². The number of nitrogens with zero attached hydrogens (tertiary/aromatic N) is 4. The molecule has 6 heterocycles. The Balaban J connectivity index is 1.06. The minimum Gasteiger partial charge on any atom is -0.365 e. The largest absolute Gasteiger partial charge is 0.365 e. The first-order chi connectivity index (χ1) is 19.5. The molecule has 6 unspecified atom stereocenters. The molecule has 1 spiro atoms. The van der Waals surface area contributed by atoms with Crippen molar-refractivity contribution in [1.82, 2.24) is 35.8 Å². The van der Waals surface area contributed by atoms with Gasteiger partial charge in [0.05, 0.1) is 30.9 Å². The molecule has 4 saturated heterocycles. The monoisotopic (exact) mass is 548 g/mol. The third-order valence-corrected chi connectivity index (χ3v) is 10.1. The first kappa shape index (κ1) is 25.2. The molecule has 5 fully saturated rings. The summed E-state index contributed by atoms with van der Waals surface area (Å²) in [7, 11) is 2.15. The highest BCUT2D eigenvalue weighted by atomic mass is 16.5. The number of carbonyl (C=O) groups is 2. The van der Waals surface area contributed by atoms with Gasteiger partial charge in [-0.2, -0.15) is 5.01 Å². The van der Waals surface area contributed by atoms with Crippen LogP contribution in [-0.4, -0.2) is 95.8 Å². The average molecular weight is 549 g/mol. The van der Waals surface area contributed by atoms with Crippen molar-refractivity contribution in [2.45, 2.75) is 76.1 Å². The van der Waals surface area contributed by atoms with Crippen molar-refractivity contribution in [2.75, 3.05) is 38.6 Å². The smallest absolute Gasteiger partial charge is 0.249 e. The zero-order valence-electron chi connectivity index (χ0n) is 23.1. The second-order valence-electron chi connectivity index (χ2n) is 12.9. The van der Waals surface area contributed by atoms with Crippen LogP contribution in [-0.2, 0) is 27.4 Å². The van der Waals surface area contributed by atoms with Gasteiger partial charge in [-0.3, -0.25) is 35.4 Å². The minimum atomic E-state index is -0.195. The lowest BCUT2D eigenvalue weighted by atomic mass is 9.96. The molecule has 0 aromatic heterocycles. The van der Waals surface area contributed by atoms with Crippen LogP contribution in [0.4, 0.5) is 5.69 Å². The van der Waals surface area contributed by atoms with Crippen LogP contribution in [0.15, 0.2) is 30.4 Å². The molecule has 2 bridgehead atoms. The van der Waals surface area contributed by atoms with Crippen molar-refractivity contribution >= 4 is 17.5 Å². The Morgan fingerprint density at radius 2 is 1.93 bits per heavy atom. The van der Waals surface area contributed by atoms with Gasteiger partial charge in [-0.05, 0) is 67.8 Å². The number of carbonyl (C=O) groups excluding carboxylic acids is 2. The van der Waals surface area contributed by atoms with Gasteiger partial charge in [-0.1, -0.05) is 18.2 Å². The lowest BCUT2D eigenvalue weighted by Crippen LogP contribution is -2.72. The Labute approximate surface area is 235 Å². The van der Waals surface area contributed by atoms with E-state index >= 15 is 0 Å². The Morgan fingerprint density at radius 1 is 1.05 bits per heavy atom. The number of piperidine rings is 1. The summed E-state index contributed by atoms with van der Waals surface area (Å²) in [6, 6.07) is 6.60. The molecule has 11 nitrogen and oxygen atoms in total. The molecule has 1 aromatic rings. The summed E-state index contributed by atoms with van der Waals surface area (Å²) < 4.78 is 6.02. The number of hydrazine groups is 1. The Hall–Kier alpha value is -2.54. The third-order valence-electron chi connectivity index (χ3n) is 10.1. The number of benzene rings is 1. The number of allylic oxidation sites excluding steroid dienone is 1. The van der Waals surface area contributed by atoms with Crippen LogP contribution in [0.1, 0.15) is 43.2 Å². The number of nitrogens with one attached hydrogen (secondary N) is 4. The summed E-state index contributed by atoms with van der Waals surface area (Å²) in [5.41, 5.74) is 3.98. The van der Waals surface area contributed by atoms with Crippen LogP contribution in [0.2, 0.25) is 0 Å². The van der Waals surface area contributed by atoms with Gasteiger partial charge >= 0.3 is 0 Å². The van der Waals surface area contributed by atoms with Gasteiger partial charge in [0.2, 0.25) is 11.8 Å². The zero-order chi connectivity index (χ0) is 27.0. The summed E-state index contributed by atoms with van der Waals surface area (Å²) in [5.74, 6) is 0.0160. The summed E-state index contributed by atoms with van der Waals surface area (Å²) >= 11 is 0. The van der Waals surface area contributed by atoms with Gasteiger partial charge in [0, 0.05) is 31.9 Å². The van der Waals surface area contributed by atoms with E-state index < -0.39 is 0 Å². The van der Waals surface area contributed by atoms with Crippen LogP contribution in [0.3, 0.4) is 0 Å². The molecule has 6 atom stereocenters. The van der Waals surface area contributed by atoms with Crippen LogP contribution in [0.25, 0.3) is 0 Å². The maximum atomic E-state index is 13.8. The van der Waals surface area contributed by atoms with Crippen molar-refractivity contribution in [3.63, 3.8) is 0 Å². The highest BCUT2D eigenvalue weighted by Crippen LogP contribution is 2.50. The van der Waals surface area contributed by atoms with Gasteiger partial charge in [0.15, 0.2) is 0 Å². The van der Waals surface area contributed by atoms with Crippen molar-refractivity contribution < 1.29 is 14.3 Å². The lowest BCUT2D eigenvalue weighted by molar-refractivity contribution is -0.178. The first-order valence-corrected chi connectivity index (χ1v) is 14.9. The molecular formula is C29H40N8O3. The van der Waals surface area contributed by atoms with E-state index in [1.807, 2.05) is 9.91 Å². The predicted octanol–water partition coefficient (Wildman–Crippen LogP) is 0.525. The number of rotatable bonds is 2. The number of amides is 2. The fourth-order valence-electron chi connectivity index (χ4n) is 7.72. The molecule has 6 aliphatic heterocycles. The molecule has 11 heteroatoms. The van der Waals surface area contributed by atoms with Crippen molar-refractivity contribution in [1.29, 1.82) is 0 Å². The molecule has 40 heavy (non-hydrogen) atoms. The molecule has 0 radical (unpaired) electrons. The Kier molecular flexibility index (Phi) is 5.98. The van der Waals surface area contributed by atoms with E-state index in [1.165, 1.54) is 11.1 Å². The maximum Gasteiger partial charge on any atom is 0.249 e. The topological polar surface area (TPSA) is 104 Å². The van der Waals surface area contributed by atoms with E-state index in [0.717, 1.165) is 57.4 Å². The van der Waals surface area contributed by atoms with E-state index in [-0.39, 0.29) is 60.6 Å². The predicted molar refractivity (Wildman–Crippen MR) is 148 cm³/mol. The molecule has 8 rings (SSSR count). The van der Waals surface area contributed by atoms with Gasteiger partial charge in [-0.25, -0.2) is 0 Å². The quantitative estimate of drug-likeness (QED) is 0.394. The number of anilines is 1. The SMILES string of the molecule is CN1Cc2ccc(NC3NCC4C(=O)N5C/C=C\CC6(CC6)CN6C(=O)COC7CCC(NC76)N5C4N3)cc2C1. The van der Waals surface area contributed by atoms with Gasteiger partial charge in [0.25, 0.3) is 0 Å².